The fourth-order valence-corrected chi connectivity index (χ4v) is 1.99. The van der Waals surface area contributed by atoms with Crippen molar-refractivity contribution < 1.29 is 0 Å². The lowest BCUT2D eigenvalue weighted by atomic mass is 10.1. The SMILES string of the molecule is Cc1nc(CCc2ccccc2)ncc1C(C)N. The molecule has 1 atom stereocenters. The number of aryl methyl sites for hydroxylation is 3. The second-order valence-electron chi connectivity index (χ2n) is 4.60. The van der Waals surface area contributed by atoms with E-state index in [4.69, 9.17) is 5.73 Å². The first kappa shape index (κ1) is 12.7. The van der Waals surface area contributed by atoms with Crippen molar-refractivity contribution in [1.29, 1.82) is 0 Å². The molecule has 0 aliphatic carbocycles. The minimum atomic E-state index is -0.00632. The number of nitrogens with two attached hydrogens (primary N) is 1. The maximum atomic E-state index is 5.85. The molecule has 0 bridgehead atoms. The standard InChI is InChI=1S/C15H19N3/c1-11(16)14-10-17-15(18-12(14)2)9-8-13-6-4-3-5-7-13/h3-7,10-11H,8-9,16H2,1-2H3. The lowest BCUT2D eigenvalue weighted by Crippen LogP contribution is -2.10. The van der Waals surface area contributed by atoms with E-state index >= 15 is 0 Å². The van der Waals surface area contributed by atoms with Crippen molar-refractivity contribution in [3.05, 3.63) is 59.2 Å². The van der Waals surface area contributed by atoms with Crippen LogP contribution in [0.5, 0.6) is 0 Å². The summed E-state index contributed by atoms with van der Waals surface area (Å²) >= 11 is 0. The third-order valence-electron chi connectivity index (χ3n) is 3.04. The van der Waals surface area contributed by atoms with Gasteiger partial charge in [-0.25, -0.2) is 9.97 Å². The Morgan fingerprint density at radius 1 is 1.17 bits per heavy atom. The van der Waals surface area contributed by atoms with Gasteiger partial charge in [0.1, 0.15) is 5.82 Å². The molecule has 2 N–H and O–H groups in total. The molecular formula is C15H19N3. The molecule has 0 aliphatic rings. The first-order valence-electron chi connectivity index (χ1n) is 6.28. The van der Waals surface area contributed by atoms with Crippen LogP contribution in [0.1, 0.15) is 35.6 Å². The van der Waals surface area contributed by atoms with Crippen molar-refractivity contribution in [2.75, 3.05) is 0 Å². The van der Waals surface area contributed by atoms with Crippen LogP contribution in [0.25, 0.3) is 0 Å². The Kier molecular flexibility index (Phi) is 4.05. The van der Waals surface area contributed by atoms with Gasteiger partial charge in [-0.05, 0) is 25.8 Å². The Bertz CT molecular complexity index is 506. The number of hydrogen-bond acceptors (Lipinski definition) is 3. The topological polar surface area (TPSA) is 51.8 Å². The highest BCUT2D eigenvalue weighted by atomic mass is 14.9. The van der Waals surface area contributed by atoms with Crippen molar-refractivity contribution in [1.82, 2.24) is 9.97 Å². The van der Waals surface area contributed by atoms with Gasteiger partial charge in [-0.2, -0.15) is 0 Å². The van der Waals surface area contributed by atoms with Crippen LogP contribution in [0.4, 0.5) is 0 Å². The van der Waals surface area contributed by atoms with Gasteiger partial charge >= 0.3 is 0 Å². The van der Waals surface area contributed by atoms with Crippen molar-refractivity contribution in [2.24, 2.45) is 5.73 Å². The molecule has 18 heavy (non-hydrogen) atoms. The van der Waals surface area contributed by atoms with Gasteiger partial charge in [-0.15, -0.1) is 0 Å². The molecule has 0 amide bonds. The zero-order valence-electron chi connectivity index (χ0n) is 10.9. The number of nitrogens with zero attached hydrogens (tertiary/aromatic N) is 2. The van der Waals surface area contributed by atoms with Crippen molar-refractivity contribution in [2.45, 2.75) is 32.7 Å². The van der Waals surface area contributed by atoms with Gasteiger partial charge < -0.3 is 5.73 Å². The molecule has 0 spiro atoms. The predicted octanol–water partition coefficient (Wildman–Crippen LogP) is 2.59. The molecule has 0 aliphatic heterocycles. The van der Waals surface area contributed by atoms with Crippen LogP contribution in [0, 0.1) is 6.92 Å². The number of rotatable bonds is 4. The zero-order chi connectivity index (χ0) is 13.0. The van der Waals surface area contributed by atoms with Gasteiger partial charge in [-0.1, -0.05) is 30.3 Å². The van der Waals surface area contributed by atoms with E-state index in [1.807, 2.05) is 26.1 Å². The molecule has 0 saturated carbocycles. The van der Waals surface area contributed by atoms with Gasteiger partial charge in [-0.3, -0.25) is 0 Å². The maximum absolute atomic E-state index is 5.85. The van der Waals surface area contributed by atoms with E-state index < -0.39 is 0 Å². The molecule has 0 fully saturated rings. The van der Waals surface area contributed by atoms with Crippen molar-refractivity contribution in [3.63, 3.8) is 0 Å². The molecule has 3 heteroatoms. The summed E-state index contributed by atoms with van der Waals surface area (Å²) in [4.78, 5) is 8.90. The van der Waals surface area contributed by atoms with E-state index in [0.29, 0.717) is 0 Å². The van der Waals surface area contributed by atoms with Gasteiger partial charge in [0, 0.05) is 29.9 Å². The van der Waals surface area contributed by atoms with Crippen LogP contribution >= 0.6 is 0 Å². The summed E-state index contributed by atoms with van der Waals surface area (Å²) in [6.45, 7) is 3.95. The summed E-state index contributed by atoms with van der Waals surface area (Å²) in [6, 6.07) is 10.4. The van der Waals surface area contributed by atoms with Gasteiger partial charge in [0.15, 0.2) is 0 Å². The van der Waals surface area contributed by atoms with Crippen LogP contribution in [0.15, 0.2) is 36.5 Å². The minimum Gasteiger partial charge on any atom is -0.324 e. The molecule has 1 heterocycles. The Hall–Kier alpha value is -1.74. The van der Waals surface area contributed by atoms with Crippen molar-refractivity contribution in [3.8, 4) is 0 Å². The molecule has 1 unspecified atom stereocenters. The number of aromatic nitrogens is 2. The van der Waals surface area contributed by atoms with Gasteiger partial charge in [0.25, 0.3) is 0 Å². The zero-order valence-corrected chi connectivity index (χ0v) is 10.9. The summed E-state index contributed by atoms with van der Waals surface area (Å²) in [5, 5.41) is 0. The largest absolute Gasteiger partial charge is 0.324 e. The fraction of sp³-hybridized carbons (Fsp3) is 0.333. The van der Waals surface area contributed by atoms with Crippen LogP contribution in [-0.2, 0) is 12.8 Å². The van der Waals surface area contributed by atoms with Crippen LogP contribution in [-0.4, -0.2) is 9.97 Å². The van der Waals surface area contributed by atoms with E-state index in [2.05, 4.69) is 34.2 Å². The molecule has 1 aromatic carbocycles. The second kappa shape index (κ2) is 5.74. The van der Waals surface area contributed by atoms with Crippen LogP contribution in [0.2, 0.25) is 0 Å². The van der Waals surface area contributed by atoms with Crippen LogP contribution in [0.3, 0.4) is 0 Å². The third-order valence-corrected chi connectivity index (χ3v) is 3.04. The lowest BCUT2D eigenvalue weighted by molar-refractivity contribution is 0.764. The molecular weight excluding hydrogens is 222 g/mol. The van der Waals surface area contributed by atoms with Crippen LogP contribution < -0.4 is 5.73 Å². The van der Waals surface area contributed by atoms with Gasteiger partial charge in [0.05, 0.1) is 0 Å². The second-order valence-corrected chi connectivity index (χ2v) is 4.60. The average molecular weight is 241 g/mol. The summed E-state index contributed by atoms with van der Waals surface area (Å²) in [7, 11) is 0. The molecule has 2 rings (SSSR count). The third kappa shape index (κ3) is 3.14. The molecule has 3 nitrogen and oxygen atoms in total. The molecule has 1 aromatic heterocycles. The number of benzene rings is 1. The highest BCUT2D eigenvalue weighted by molar-refractivity contribution is 5.20. The summed E-state index contributed by atoms with van der Waals surface area (Å²) in [5.74, 6) is 0.890. The summed E-state index contributed by atoms with van der Waals surface area (Å²) in [6.07, 6.45) is 3.69. The fourth-order valence-electron chi connectivity index (χ4n) is 1.99. The van der Waals surface area contributed by atoms with E-state index in [-0.39, 0.29) is 6.04 Å². The highest BCUT2D eigenvalue weighted by Gasteiger charge is 2.07. The smallest absolute Gasteiger partial charge is 0.128 e. The van der Waals surface area contributed by atoms with E-state index in [0.717, 1.165) is 29.9 Å². The van der Waals surface area contributed by atoms with E-state index in [1.165, 1.54) is 5.56 Å². The highest BCUT2D eigenvalue weighted by Crippen LogP contribution is 2.12. The first-order chi connectivity index (χ1) is 8.66. The molecule has 0 saturated heterocycles. The Morgan fingerprint density at radius 3 is 2.50 bits per heavy atom. The Balaban J connectivity index is 2.05. The Labute approximate surface area is 108 Å². The average Bonchev–Trinajstić information content (AvgIpc) is 2.37. The number of hydrogen-bond donors (Lipinski definition) is 1. The minimum absolute atomic E-state index is 0.00632. The molecule has 94 valence electrons. The Morgan fingerprint density at radius 2 is 1.89 bits per heavy atom. The predicted molar refractivity (Wildman–Crippen MR) is 73.2 cm³/mol. The molecule has 0 radical (unpaired) electrons. The van der Waals surface area contributed by atoms with Crippen molar-refractivity contribution >= 4 is 0 Å². The maximum Gasteiger partial charge on any atom is 0.128 e. The van der Waals surface area contributed by atoms with Gasteiger partial charge in [0.2, 0.25) is 0 Å². The monoisotopic (exact) mass is 241 g/mol. The summed E-state index contributed by atoms with van der Waals surface area (Å²) in [5.41, 5.74) is 9.18. The quantitative estimate of drug-likeness (QED) is 0.895. The van der Waals surface area contributed by atoms with E-state index in [1.54, 1.807) is 0 Å². The first-order valence-corrected chi connectivity index (χ1v) is 6.28. The molecule has 2 aromatic rings. The normalized spacial score (nSPS) is 12.4. The van der Waals surface area contributed by atoms with E-state index in [9.17, 15) is 0 Å². The summed E-state index contributed by atoms with van der Waals surface area (Å²) < 4.78 is 0. The lowest BCUT2D eigenvalue weighted by Gasteiger charge is -2.09.